The highest BCUT2D eigenvalue weighted by Gasteiger charge is 2.31. The van der Waals surface area contributed by atoms with E-state index >= 15 is 0 Å². The normalized spacial score (nSPS) is 26.1. The highest BCUT2D eigenvalue weighted by Crippen LogP contribution is 2.18. The summed E-state index contributed by atoms with van der Waals surface area (Å²) in [6.07, 6.45) is -2.48. The van der Waals surface area contributed by atoms with Crippen LogP contribution in [0.2, 0.25) is 0 Å². The molecule has 19 heavy (non-hydrogen) atoms. The Morgan fingerprint density at radius 3 is 2.58 bits per heavy atom. The van der Waals surface area contributed by atoms with Gasteiger partial charge in [0.15, 0.2) is 0 Å². The van der Waals surface area contributed by atoms with Gasteiger partial charge in [-0.25, -0.2) is 0 Å². The summed E-state index contributed by atoms with van der Waals surface area (Å²) in [5, 5.41) is 3.49. The maximum absolute atomic E-state index is 12.0. The molecule has 2 atom stereocenters. The third-order valence-corrected chi connectivity index (χ3v) is 3.63. The van der Waals surface area contributed by atoms with Crippen molar-refractivity contribution < 1.29 is 17.9 Å². The Kier molecular flexibility index (Phi) is 6.56. The molecule has 3 nitrogen and oxygen atoms in total. The fourth-order valence-electron chi connectivity index (χ4n) is 2.50. The number of piperazine rings is 1. The van der Waals surface area contributed by atoms with Gasteiger partial charge in [-0.1, -0.05) is 27.2 Å². The van der Waals surface area contributed by atoms with E-state index in [-0.39, 0.29) is 6.61 Å². The highest BCUT2D eigenvalue weighted by atomic mass is 19.4. The second kappa shape index (κ2) is 7.45. The average Bonchev–Trinajstić information content (AvgIpc) is 2.29. The number of nitrogens with zero attached hydrogens (tertiary/aromatic N) is 1. The zero-order valence-electron chi connectivity index (χ0n) is 12.0. The van der Waals surface area contributed by atoms with E-state index in [0.29, 0.717) is 24.5 Å². The van der Waals surface area contributed by atoms with Crippen LogP contribution in [0.4, 0.5) is 13.2 Å². The van der Waals surface area contributed by atoms with Crippen LogP contribution in [0, 0.1) is 5.92 Å². The first kappa shape index (κ1) is 16.7. The van der Waals surface area contributed by atoms with E-state index in [0.717, 1.165) is 25.9 Å². The number of nitrogens with one attached hydrogen (secondary N) is 1. The van der Waals surface area contributed by atoms with Gasteiger partial charge in [0.1, 0.15) is 0 Å². The van der Waals surface area contributed by atoms with Crippen LogP contribution in [0.25, 0.3) is 0 Å². The number of rotatable bonds is 6. The molecule has 0 radical (unpaired) electrons. The number of hydrogen-bond acceptors (Lipinski definition) is 3. The van der Waals surface area contributed by atoms with Gasteiger partial charge in [0.05, 0.1) is 6.61 Å². The zero-order valence-corrected chi connectivity index (χ0v) is 12.0. The van der Waals surface area contributed by atoms with Crippen molar-refractivity contribution in [1.82, 2.24) is 10.2 Å². The Labute approximate surface area is 113 Å². The molecule has 114 valence electrons. The lowest BCUT2D eigenvalue weighted by atomic mass is 9.98. The predicted octanol–water partition coefficient (Wildman–Crippen LogP) is 2.62. The Morgan fingerprint density at radius 2 is 2.05 bits per heavy atom. The third-order valence-electron chi connectivity index (χ3n) is 3.63. The monoisotopic (exact) mass is 282 g/mol. The quantitative estimate of drug-likeness (QED) is 0.810. The molecule has 0 aromatic heterocycles. The highest BCUT2D eigenvalue weighted by molar-refractivity contribution is 4.87. The summed E-state index contributed by atoms with van der Waals surface area (Å²) in [4.78, 5) is 2.14. The topological polar surface area (TPSA) is 24.5 Å². The molecular formula is C13H25F3N2O. The van der Waals surface area contributed by atoms with Crippen LogP contribution in [-0.2, 0) is 4.74 Å². The minimum Gasteiger partial charge on any atom is -0.311 e. The molecule has 0 bridgehead atoms. The van der Waals surface area contributed by atoms with Crippen LogP contribution >= 0.6 is 0 Å². The van der Waals surface area contributed by atoms with E-state index < -0.39 is 6.36 Å². The van der Waals surface area contributed by atoms with Crippen LogP contribution < -0.4 is 5.32 Å². The van der Waals surface area contributed by atoms with Gasteiger partial charge in [0.2, 0.25) is 0 Å². The average molecular weight is 282 g/mol. The molecule has 6 heteroatoms. The number of ether oxygens (including phenoxy) is 1. The van der Waals surface area contributed by atoms with Gasteiger partial charge in [-0.2, -0.15) is 0 Å². The van der Waals surface area contributed by atoms with Crippen molar-refractivity contribution in [2.45, 2.75) is 52.1 Å². The standard InChI is InChI=1S/C13H25F3N2O/c1-4-5-11-8-17-12(10(2)3)9-18(11)6-7-19-13(14,15)16/h10-12,17H,4-9H2,1-3H3. The minimum atomic E-state index is -4.52. The van der Waals surface area contributed by atoms with E-state index in [1.807, 2.05) is 0 Å². The molecule has 1 saturated heterocycles. The van der Waals surface area contributed by atoms with E-state index in [1.165, 1.54) is 0 Å². The molecule has 1 heterocycles. The van der Waals surface area contributed by atoms with Crippen LogP contribution in [-0.4, -0.2) is 49.6 Å². The first-order valence-corrected chi connectivity index (χ1v) is 7.01. The number of alkyl halides is 3. The smallest absolute Gasteiger partial charge is 0.311 e. The lowest BCUT2D eigenvalue weighted by Crippen LogP contribution is -2.58. The van der Waals surface area contributed by atoms with Crippen molar-refractivity contribution in [3.05, 3.63) is 0 Å². The lowest BCUT2D eigenvalue weighted by Gasteiger charge is -2.42. The molecule has 0 saturated carbocycles. The fourth-order valence-corrected chi connectivity index (χ4v) is 2.50. The Hall–Kier alpha value is -0.330. The van der Waals surface area contributed by atoms with Gasteiger partial charge in [0.25, 0.3) is 0 Å². The molecule has 0 aromatic carbocycles. The van der Waals surface area contributed by atoms with Crippen molar-refractivity contribution in [2.24, 2.45) is 5.92 Å². The summed E-state index contributed by atoms with van der Waals surface area (Å²) in [5.41, 5.74) is 0. The summed E-state index contributed by atoms with van der Waals surface area (Å²) in [5.74, 6) is 0.480. The number of halogens is 3. The molecule has 0 aromatic rings. The van der Waals surface area contributed by atoms with Crippen LogP contribution in [0.1, 0.15) is 33.6 Å². The van der Waals surface area contributed by atoms with Gasteiger partial charge in [0, 0.05) is 31.7 Å². The van der Waals surface area contributed by atoms with Crippen LogP contribution in [0.3, 0.4) is 0 Å². The largest absolute Gasteiger partial charge is 0.522 e. The second-order valence-electron chi connectivity index (χ2n) is 5.49. The van der Waals surface area contributed by atoms with E-state index in [1.54, 1.807) is 0 Å². The SMILES string of the molecule is CCCC1CNC(C(C)C)CN1CCOC(F)(F)F. The van der Waals surface area contributed by atoms with Gasteiger partial charge in [-0.3, -0.25) is 9.64 Å². The summed E-state index contributed by atoms with van der Waals surface area (Å²) < 4.78 is 39.9. The predicted molar refractivity (Wildman–Crippen MR) is 68.9 cm³/mol. The third kappa shape index (κ3) is 6.10. The molecular weight excluding hydrogens is 257 g/mol. The van der Waals surface area contributed by atoms with Gasteiger partial charge < -0.3 is 5.32 Å². The molecule has 1 N–H and O–H groups in total. The van der Waals surface area contributed by atoms with Crippen molar-refractivity contribution in [3.8, 4) is 0 Å². The Balaban J connectivity index is 2.47. The summed E-state index contributed by atoms with van der Waals surface area (Å²) in [6, 6.07) is 0.663. The maximum Gasteiger partial charge on any atom is 0.522 e. The van der Waals surface area contributed by atoms with Crippen molar-refractivity contribution in [3.63, 3.8) is 0 Å². The molecule has 0 spiro atoms. The molecule has 1 fully saturated rings. The Morgan fingerprint density at radius 1 is 1.37 bits per heavy atom. The van der Waals surface area contributed by atoms with Gasteiger partial charge in [-0.05, 0) is 12.3 Å². The van der Waals surface area contributed by atoms with Gasteiger partial charge in [-0.15, -0.1) is 13.2 Å². The number of hydrogen-bond donors (Lipinski definition) is 1. The van der Waals surface area contributed by atoms with Crippen molar-refractivity contribution in [1.29, 1.82) is 0 Å². The van der Waals surface area contributed by atoms with E-state index in [4.69, 9.17) is 0 Å². The summed E-state index contributed by atoms with van der Waals surface area (Å²) in [6.45, 7) is 8.05. The molecule has 1 aliphatic heterocycles. The van der Waals surface area contributed by atoms with E-state index in [2.05, 4.69) is 35.7 Å². The van der Waals surface area contributed by atoms with Crippen LogP contribution in [0.5, 0.6) is 0 Å². The lowest BCUT2D eigenvalue weighted by molar-refractivity contribution is -0.325. The first-order chi connectivity index (χ1) is 8.83. The van der Waals surface area contributed by atoms with Crippen molar-refractivity contribution in [2.75, 3.05) is 26.2 Å². The molecule has 1 aliphatic rings. The van der Waals surface area contributed by atoms with Crippen molar-refractivity contribution >= 4 is 0 Å². The second-order valence-corrected chi connectivity index (χ2v) is 5.49. The maximum atomic E-state index is 12.0. The Bertz CT molecular complexity index is 259. The minimum absolute atomic E-state index is 0.283. The summed E-state index contributed by atoms with van der Waals surface area (Å²) >= 11 is 0. The van der Waals surface area contributed by atoms with E-state index in [9.17, 15) is 13.2 Å². The zero-order chi connectivity index (χ0) is 14.5. The fraction of sp³-hybridized carbons (Fsp3) is 1.00. The molecule has 0 aliphatic carbocycles. The van der Waals surface area contributed by atoms with Gasteiger partial charge >= 0.3 is 6.36 Å². The first-order valence-electron chi connectivity index (χ1n) is 7.01. The molecule has 0 amide bonds. The summed E-state index contributed by atoms with van der Waals surface area (Å²) in [7, 11) is 0. The van der Waals surface area contributed by atoms with Crippen LogP contribution in [0.15, 0.2) is 0 Å². The molecule has 1 rings (SSSR count). The molecule has 2 unspecified atom stereocenters.